The molecule has 0 spiro atoms. The number of pyridine rings is 3. The van der Waals surface area contributed by atoms with Gasteiger partial charge in [-0.25, -0.2) is 0 Å². The minimum Gasteiger partial charge on any atom is -0.355 e. The van der Waals surface area contributed by atoms with E-state index in [0.29, 0.717) is 11.4 Å². The van der Waals surface area contributed by atoms with Crippen molar-refractivity contribution in [2.24, 2.45) is 0 Å². The highest BCUT2D eigenvalue weighted by Gasteiger charge is 2.13. The van der Waals surface area contributed by atoms with Crippen molar-refractivity contribution in [2.45, 2.75) is 0 Å². The summed E-state index contributed by atoms with van der Waals surface area (Å²) < 4.78 is 1.45. The Labute approximate surface area is 216 Å². The van der Waals surface area contributed by atoms with E-state index in [1.165, 1.54) is 10.6 Å². The van der Waals surface area contributed by atoms with Crippen LogP contribution < -0.4 is 16.2 Å². The van der Waals surface area contributed by atoms with Crippen LogP contribution in [0.25, 0.3) is 27.8 Å². The van der Waals surface area contributed by atoms with Crippen LogP contribution in [0.1, 0.15) is 10.4 Å². The van der Waals surface area contributed by atoms with E-state index in [-0.39, 0.29) is 11.1 Å². The molecule has 0 unspecified atom stereocenters. The zero-order valence-electron chi connectivity index (χ0n) is 20.0. The molecule has 0 aliphatic carbocycles. The third kappa shape index (κ3) is 4.51. The number of rotatable bonds is 6. The van der Waals surface area contributed by atoms with E-state index >= 15 is 0 Å². The maximum atomic E-state index is 12.9. The van der Waals surface area contributed by atoms with Crippen LogP contribution in [0.4, 0.5) is 17.1 Å². The Morgan fingerprint density at radius 3 is 2.47 bits per heavy atom. The molecule has 9 nitrogen and oxygen atoms in total. The summed E-state index contributed by atoms with van der Waals surface area (Å²) in [5.74, 6) is -0.472. The van der Waals surface area contributed by atoms with Crippen molar-refractivity contribution in [3.8, 4) is 16.9 Å². The highest BCUT2D eigenvalue weighted by atomic mass is 16.2. The molecule has 9 heteroatoms. The second-order valence-electron chi connectivity index (χ2n) is 8.52. The third-order valence-electron chi connectivity index (χ3n) is 6.07. The lowest BCUT2D eigenvalue weighted by molar-refractivity contribution is 0.102. The third-order valence-corrected chi connectivity index (χ3v) is 6.07. The minimum atomic E-state index is -0.472. The number of carbonyl (C=O) groups is 1. The monoisotopic (exact) mass is 499 g/mol. The maximum absolute atomic E-state index is 12.9. The maximum Gasteiger partial charge on any atom is 0.267 e. The molecule has 4 aromatic heterocycles. The fourth-order valence-corrected chi connectivity index (χ4v) is 4.16. The first-order valence-electron chi connectivity index (χ1n) is 11.9. The molecule has 3 N–H and O–H groups in total. The van der Waals surface area contributed by atoms with Crippen molar-refractivity contribution in [3.05, 3.63) is 126 Å². The molecule has 6 rings (SSSR count). The lowest BCUT2D eigenvalue weighted by Crippen LogP contribution is -2.27. The van der Waals surface area contributed by atoms with Crippen molar-refractivity contribution in [2.75, 3.05) is 10.6 Å². The number of nitrogens with one attached hydrogen (secondary N) is 3. The SMILES string of the molecule is O=C(Nc1ccc(Nc2ccnc3cnc(-c4cn[nH]c4)cc23)cc1)c1cccn(-c2ccccc2)c1=O. The number of anilines is 3. The van der Waals surface area contributed by atoms with Gasteiger partial charge in [-0.2, -0.15) is 5.10 Å². The van der Waals surface area contributed by atoms with E-state index < -0.39 is 5.91 Å². The predicted octanol–water partition coefficient (Wildman–Crippen LogP) is 5.17. The molecule has 0 saturated carbocycles. The van der Waals surface area contributed by atoms with Crippen molar-refractivity contribution in [1.29, 1.82) is 0 Å². The van der Waals surface area contributed by atoms with Crippen LogP contribution in [0.15, 0.2) is 115 Å². The molecule has 0 fully saturated rings. The van der Waals surface area contributed by atoms with Crippen molar-refractivity contribution < 1.29 is 4.79 Å². The van der Waals surface area contributed by atoms with Gasteiger partial charge >= 0.3 is 0 Å². The Morgan fingerprint density at radius 2 is 1.68 bits per heavy atom. The molecular weight excluding hydrogens is 478 g/mol. The Bertz CT molecular complexity index is 1800. The van der Waals surface area contributed by atoms with Crippen molar-refractivity contribution >= 4 is 33.9 Å². The fourth-order valence-electron chi connectivity index (χ4n) is 4.16. The molecular formula is C29H21N7O2. The summed E-state index contributed by atoms with van der Waals surface area (Å²) in [6, 6.07) is 23.5. The largest absolute Gasteiger partial charge is 0.355 e. The second kappa shape index (κ2) is 9.82. The number of amides is 1. The van der Waals surface area contributed by atoms with Crippen LogP contribution in [0.5, 0.6) is 0 Å². The normalized spacial score (nSPS) is 10.8. The van der Waals surface area contributed by atoms with Crippen LogP contribution >= 0.6 is 0 Å². The van der Waals surface area contributed by atoms with Gasteiger partial charge in [0.1, 0.15) is 5.56 Å². The highest BCUT2D eigenvalue weighted by molar-refractivity contribution is 6.04. The molecule has 0 aliphatic heterocycles. The molecule has 6 aromatic rings. The summed E-state index contributed by atoms with van der Waals surface area (Å²) >= 11 is 0. The average Bonchev–Trinajstić information content (AvgIpc) is 3.50. The van der Waals surface area contributed by atoms with E-state index in [4.69, 9.17) is 0 Å². The minimum absolute atomic E-state index is 0.0591. The van der Waals surface area contributed by atoms with Crippen LogP contribution in [-0.2, 0) is 0 Å². The van der Waals surface area contributed by atoms with Crippen LogP contribution in [0.3, 0.4) is 0 Å². The number of para-hydroxylation sites is 1. The number of hydrogen-bond donors (Lipinski definition) is 3. The van der Waals surface area contributed by atoms with Crippen LogP contribution in [-0.4, -0.2) is 30.6 Å². The van der Waals surface area contributed by atoms with Gasteiger partial charge in [0, 0.05) is 52.3 Å². The number of carbonyl (C=O) groups excluding carboxylic acids is 1. The number of fused-ring (bicyclic) bond motifs is 1. The first-order valence-corrected chi connectivity index (χ1v) is 11.9. The summed E-state index contributed by atoms with van der Waals surface area (Å²) in [6.45, 7) is 0. The first-order chi connectivity index (χ1) is 18.7. The Morgan fingerprint density at radius 1 is 0.868 bits per heavy atom. The standard InChI is InChI=1S/C29H21N7O2/c37-28(23-7-4-14-36(29(23)38)22-5-2-1-3-6-22)35-21-10-8-20(9-11-21)34-25-12-13-30-27-18-31-26(15-24(25)27)19-16-32-33-17-19/h1-18H,(H,30,34)(H,32,33)(H,35,37). The van der Waals surface area contributed by atoms with E-state index in [1.54, 1.807) is 49.2 Å². The van der Waals surface area contributed by atoms with Gasteiger partial charge in [0.2, 0.25) is 0 Å². The van der Waals surface area contributed by atoms with Gasteiger partial charge in [-0.3, -0.25) is 29.2 Å². The number of hydrogen-bond acceptors (Lipinski definition) is 6. The molecule has 184 valence electrons. The molecule has 38 heavy (non-hydrogen) atoms. The van der Waals surface area contributed by atoms with Gasteiger partial charge in [0.05, 0.1) is 23.6 Å². The first kappa shape index (κ1) is 22.9. The predicted molar refractivity (Wildman–Crippen MR) is 147 cm³/mol. The van der Waals surface area contributed by atoms with Gasteiger partial charge in [-0.1, -0.05) is 18.2 Å². The second-order valence-corrected chi connectivity index (χ2v) is 8.52. The summed E-state index contributed by atoms with van der Waals surface area (Å²) in [4.78, 5) is 34.7. The summed E-state index contributed by atoms with van der Waals surface area (Å²) in [6.07, 6.45) is 8.61. The molecule has 0 bridgehead atoms. The van der Waals surface area contributed by atoms with E-state index in [0.717, 1.165) is 33.5 Å². The number of nitrogens with zero attached hydrogens (tertiary/aromatic N) is 4. The molecule has 0 atom stereocenters. The van der Waals surface area contributed by atoms with Gasteiger partial charge in [0.15, 0.2) is 0 Å². The fraction of sp³-hybridized carbons (Fsp3) is 0. The lowest BCUT2D eigenvalue weighted by Gasteiger charge is -2.12. The van der Waals surface area contributed by atoms with Crippen LogP contribution in [0, 0.1) is 0 Å². The van der Waals surface area contributed by atoms with Gasteiger partial charge in [-0.15, -0.1) is 0 Å². The number of aromatic amines is 1. The Balaban J connectivity index is 1.21. The molecule has 0 radical (unpaired) electrons. The summed E-state index contributed by atoms with van der Waals surface area (Å²) in [7, 11) is 0. The Hall–Kier alpha value is -5.57. The highest BCUT2D eigenvalue weighted by Crippen LogP contribution is 2.28. The molecule has 4 heterocycles. The molecule has 1 amide bonds. The average molecular weight is 500 g/mol. The summed E-state index contributed by atoms with van der Waals surface area (Å²) in [5, 5.41) is 13.9. The van der Waals surface area contributed by atoms with Gasteiger partial charge in [-0.05, 0) is 60.7 Å². The van der Waals surface area contributed by atoms with Crippen molar-refractivity contribution in [1.82, 2.24) is 24.7 Å². The zero-order valence-corrected chi connectivity index (χ0v) is 20.0. The quantitative estimate of drug-likeness (QED) is 0.291. The number of benzene rings is 2. The molecule has 2 aromatic carbocycles. The van der Waals surface area contributed by atoms with Gasteiger partial charge in [0.25, 0.3) is 11.5 Å². The smallest absolute Gasteiger partial charge is 0.267 e. The van der Waals surface area contributed by atoms with E-state index in [9.17, 15) is 9.59 Å². The van der Waals surface area contributed by atoms with E-state index in [1.807, 2.05) is 54.6 Å². The zero-order chi connectivity index (χ0) is 25.9. The summed E-state index contributed by atoms with van der Waals surface area (Å²) in [5.41, 5.74) is 5.05. The lowest BCUT2D eigenvalue weighted by atomic mass is 10.1. The van der Waals surface area contributed by atoms with E-state index in [2.05, 4.69) is 30.8 Å². The van der Waals surface area contributed by atoms with Crippen molar-refractivity contribution in [3.63, 3.8) is 0 Å². The molecule has 0 saturated heterocycles. The topological polar surface area (TPSA) is 118 Å². The van der Waals surface area contributed by atoms with Crippen LogP contribution in [0.2, 0.25) is 0 Å². The Kier molecular flexibility index (Phi) is 5.91. The number of H-pyrrole nitrogens is 1. The molecule has 0 aliphatic rings. The van der Waals surface area contributed by atoms with Gasteiger partial charge < -0.3 is 10.6 Å². The number of aromatic nitrogens is 5.